The lowest BCUT2D eigenvalue weighted by atomic mass is 10.1. The second kappa shape index (κ2) is 7.16. The van der Waals surface area contributed by atoms with Crippen LogP contribution in [0.1, 0.15) is 0 Å². The zero-order valence-corrected chi connectivity index (χ0v) is 10.9. The van der Waals surface area contributed by atoms with Gasteiger partial charge in [0, 0.05) is 0 Å². The Balaban J connectivity index is 1.88. The van der Waals surface area contributed by atoms with Gasteiger partial charge in [-0.3, -0.25) is 0 Å². The first-order chi connectivity index (χ1) is 8.90. The lowest BCUT2D eigenvalue weighted by Crippen LogP contribution is -2.09. The second-order valence-corrected chi connectivity index (χ2v) is 4.50. The molecule has 1 heterocycles. The summed E-state index contributed by atoms with van der Waals surface area (Å²) in [7, 11) is 0. The van der Waals surface area contributed by atoms with Crippen LogP contribution in [0.4, 0.5) is 0 Å². The van der Waals surface area contributed by atoms with Gasteiger partial charge in [0.25, 0.3) is 0 Å². The molecule has 0 fully saturated rings. The molecule has 0 radical (unpaired) electrons. The summed E-state index contributed by atoms with van der Waals surface area (Å²) in [5.74, 6) is 0.839. The number of hydrogen-bond donors (Lipinski definition) is 1. The van der Waals surface area contributed by atoms with E-state index in [4.69, 9.17) is 14.6 Å². The smallest absolute Gasteiger partial charge is 0.120 e. The van der Waals surface area contributed by atoms with E-state index in [-0.39, 0.29) is 6.61 Å². The van der Waals surface area contributed by atoms with E-state index < -0.39 is 0 Å². The van der Waals surface area contributed by atoms with E-state index in [1.807, 2.05) is 18.2 Å². The Hall–Kier alpha value is -1.36. The minimum absolute atomic E-state index is 0.0492. The first-order valence-corrected chi connectivity index (χ1v) is 6.78. The summed E-state index contributed by atoms with van der Waals surface area (Å²) in [5, 5.41) is 12.7. The van der Waals surface area contributed by atoms with Crippen LogP contribution in [0.2, 0.25) is 0 Å². The Bertz CT molecular complexity index is 454. The van der Waals surface area contributed by atoms with Crippen LogP contribution in [-0.2, 0) is 4.74 Å². The average Bonchev–Trinajstić information content (AvgIpc) is 2.93. The Labute approximate surface area is 111 Å². The van der Waals surface area contributed by atoms with Gasteiger partial charge in [-0.25, -0.2) is 0 Å². The molecule has 1 aromatic carbocycles. The molecule has 0 bridgehead atoms. The fourth-order valence-electron chi connectivity index (χ4n) is 1.58. The molecule has 0 saturated heterocycles. The number of benzene rings is 1. The van der Waals surface area contributed by atoms with Crippen molar-refractivity contribution in [3.8, 4) is 16.9 Å². The SMILES string of the molecule is OCCOCCOc1cccc(-c2ccsc2)c1. The zero-order valence-electron chi connectivity index (χ0n) is 10.0. The van der Waals surface area contributed by atoms with E-state index in [0.29, 0.717) is 19.8 Å². The predicted molar refractivity (Wildman–Crippen MR) is 73.2 cm³/mol. The number of aliphatic hydroxyl groups excluding tert-OH is 1. The molecule has 18 heavy (non-hydrogen) atoms. The summed E-state index contributed by atoms with van der Waals surface area (Å²) in [5.41, 5.74) is 2.37. The third-order valence-corrected chi connectivity index (χ3v) is 3.10. The van der Waals surface area contributed by atoms with Crippen molar-refractivity contribution in [3.05, 3.63) is 41.1 Å². The van der Waals surface area contributed by atoms with Gasteiger partial charge in [0.15, 0.2) is 0 Å². The van der Waals surface area contributed by atoms with E-state index in [2.05, 4.69) is 22.9 Å². The van der Waals surface area contributed by atoms with Crippen molar-refractivity contribution in [1.82, 2.24) is 0 Å². The van der Waals surface area contributed by atoms with Gasteiger partial charge in [0.1, 0.15) is 12.4 Å². The molecule has 0 atom stereocenters. The highest BCUT2D eigenvalue weighted by Crippen LogP contribution is 2.25. The Morgan fingerprint density at radius 2 is 2.00 bits per heavy atom. The molecule has 0 aliphatic heterocycles. The summed E-state index contributed by atoms with van der Waals surface area (Å²) in [6.45, 7) is 1.39. The minimum Gasteiger partial charge on any atom is -0.491 e. The highest BCUT2D eigenvalue weighted by atomic mass is 32.1. The third-order valence-electron chi connectivity index (χ3n) is 2.42. The molecule has 96 valence electrons. The van der Waals surface area contributed by atoms with Crippen LogP contribution >= 0.6 is 11.3 Å². The van der Waals surface area contributed by atoms with Crippen molar-refractivity contribution in [1.29, 1.82) is 0 Å². The first-order valence-electron chi connectivity index (χ1n) is 5.84. The molecular weight excluding hydrogens is 248 g/mol. The summed E-state index contributed by atoms with van der Waals surface area (Å²) in [4.78, 5) is 0. The minimum atomic E-state index is 0.0492. The van der Waals surface area contributed by atoms with Crippen LogP contribution in [0.5, 0.6) is 5.75 Å². The average molecular weight is 264 g/mol. The maximum Gasteiger partial charge on any atom is 0.120 e. The van der Waals surface area contributed by atoms with Crippen LogP contribution in [0.3, 0.4) is 0 Å². The van der Waals surface area contributed by atoms with Crippen molar-refractivity contribution >= 4 is 11.3 Å². The van der Waals surface area contributed by atoms with Crippen LogP contribution in [0, 0.1) is 0 Å². The molecule has 2 aromatic rings. The predicted octanol–water partition coefficient (Wildman–Crippen LogP) is 2.80. The van der Waals surface area contributed by atoms with E-state index in [1.165, 1.54) is 5.56 Å². The van der Waals surface area contributed by atoms with Gasteiger partial charge in [0.2, 0.25) is 0 Å². The number of rotatable bonds is 7. The van der Waals surface area contributed by atoms with Gasteiger partial charge < -0.3 is 14.6 Å². The summed E-state index contributed by atoms with van der Waals surface area (Å²) >= 11 is 1.68. The van der Waals surface area contributed by atoms with Crippen LogP contribution in [0.25, 0.3) is 11.1 Å². The summed E-state index contributed by atoms with van der Waals surface area (Å²) in [6.07, 6.45) is 0. The number of thiophene rings is 1. The number of hydrogen-bond acceptors (Lipinski definition) is 4. The largest absolute Gasteiger partial charge is 0.491 e. The van der Waals surface area contributed by atoms with E-state index in [1.54, 1.807) is 11.3 Å². The maximum absolute atomic E-state index is 8.56. The van der Waals surface area contributed by atoms with Gasteiger partial charge in [-0.15, -0.1) is 0 Å². The van der Waals surface area contributed by atoms with Crippen molar-refractivity contribution in [3.63, 3.8) is 0 Å². The van der Waals surface area contributed by atoms with Crippen LogP contribution < -0.4 is 4.74 Å². The lowest BCUT2D eigenvalue weighted by Gasteiger charge is -2.07. The number of ether oxygens (including phenoxy) is 2. The molecule has 0 spiro atoms. The molecule has 0 amide bonds. The van der Waals surface area contributed by atoms with Gasteiger partial charge in [-0.05, 0) is 40.1 Å². The first kappa shape index (κ1) is 13.1. The molecule has 0 unspecified atom stereocenters. The summed E-state index contributed by atoms with van der Waals surface area (Å²) in [6, 6.07) is 10.1. The van der Waals surface area contributed by atoms with Crippen molar-refractivity contribution in [2.45, 2.75) is 0 Å². The Morgan fingerprint density at radius 3 is 2.78 bits per heavy atom. The molecule has 4 heteroatoms. The van der Waals surface area contributed by atoms with Crippen molar-refractivity contribution < 1.29 is 14.6 Å². The van der Waals surface area contributed by atoms with E-state index in [9.17, 15) is 0 Å². The van der Waals surface area contributed by atoms with Crippen molar-refractivity contribution in [2.75, 3.05) is 26.4 Å². The maximum atomic E-state index is 8.56. The highest BCUT2D eigenvalue weighted by molar-refractivity contribution is 7.08. The zero-order chi connectivity index (χ0) is 12.6. The van der Waals surface area contributed by atoms with Gasteiger partial charge in [-0.1, -0.05) is 12.1 Å². The molecule has 3 nitrogen and oxygen atoms in total. The molecule has 0 aliphatic carbocycles. The van der Waals surface area contributed by atoms with Gasteiger partial charge >= 0.3 is 0 Å². The van der Waals surface area contributed by atoms with E-state index >= 15 is 0 Å². The third kappa shape index (κ3) is 3.84. The quantitative estimate of drug-likeness (QED) is 0.782. The lowest BCUT2D eigenvalue weighted by molar-refractivity contribution is 0.0705. The number of aliphatic hydroxyl groups is 1. The van der Waals surface area contributed by atoms with Crippen molar-refractivity contribution in [2.24, 2.45) is 0 Å². The van der Waals surface area contributed by atoms with Crippen LogP contribution in [-0.4, -0.2) is 31.5 Å². The molecule has 0 saturated carbocycles. The normalized spacial score (nSPS) is 10.5. The molecule has 1 aromatic heterocycles. The highest BCUT2D eigenvalue weighted by Gasteiger charge is 2.00. The fraction of sp³-hybridized carbons (Fsp3) is 0.286. The Kier molecular flexibility index (Phi) is 5.20. The molecule has 2 rings (SSSR count). The summed E-state index contributed by atoms with van der Waals surface area (Å²) < 4.78 is 10.7. The standard InChI is InChI=1S/C14H16O3S/c15-5-6-16-7-8-17-14-3-1-2-12(10-14)13-4-9-18-11-13/h1-4,9-11,15H,5-8H2. The topological polar surface area (TPSA) is 38.7 Å². The molecular formula is C14H16O3S. The molecule has 1 N–H and O–H groups in total. The fourth-order valence-corrected chi connectivity index (χ4v) is 2.24. The van der Waals surface area contributed by atoms with Gasteiger partial charge in [-0.2, -0.15) is 11.3 Å². The van der Waals surface area contributed by atoms with E-state index in [0.717, 1.165) is 11.3 Å². The Morgan fingerprint density at radius 1 is 1.06 bits per heavy atom. The molecule has 0 aliphatic rings. The monoisotopic (exact) mass is 264 g/mol. The van der Waals surface area contributed by atoms with Crippen LogP contribution in [0.15, 0.2) is 41.1 Å². The van der Waals surface area contributed by atoms with Gasteiger partial charge in [0.05, 0.1) is 19.8 Å². The second-order valence-electron chi connectivity index (χ2n) is 3.72.